The Morgan fingerprint density at radius 2 is 1.80 bits per heavy atom. The van der Waals surface area contributed by atoms with Crippen LogP contribution in [0, 0.1) is 0 Å². The van der Waals surface area contributed by atoms with Crippen LogP contribution in [0.4, 0.5) is 0 Å². The molecule has 20 heavy (non-hydrogen) atoms. The van der Waals surface area contributed by atoms with Crippen LogP contribution in [0.15, 0.2) is 51.8 Å². The summed E-state index contributed by atoms with van der Waals surface area (Å²) in [5.41, 5.74) is 1.84. The molecule has 0 saturated carbocycles. The quantitative estimate of drug-likeness (QED) is 0.726. The van der Waals surface area contributed by atoms with E-state index in [0.29, 0.717) is 22.0 Å². The third kappa shape index (κ3) is 2.42. The number of halogens is 1. The first-order chi connectivity index (χ1) is 9.43. The molecule has 0 saturated heterocycles. The Hall–Kier alpha value is -1.85. The molecule has 0 fully saturated rings. The van der Waals surface area contributed by atoms with Crippen LogP contribution in [0.1, 0.15) is 0 Å². The molecule has 2 aromatic carbocycles. The van der Waals surface area contributed by atoms with Gasteiger partial charge in [-0.05, 0) is 42.5 Å². The average Bonchev–Trinajstić information content (AvgIpc) is 2.81. The molecule has 0 aliphatic heterocycles. The number of nitrogens with zero attached hydrogens (tertiary/aromatic N) is 1. The Labute approximate surface area is 120 Å². The van der Waals surface area contributed by atoms with Gasteiger partial charge in [0.1, 0.15) is 5.52 Å². The lowest BCUT2D eigenvalue weighted by atomic mass is 10.2. The van der Waals surface area contributed by atoms with Gasteiger partial charge in [-0.15, -0.1) is 0 Å². The Bertz CT molecular complexity index is 882. The van der Waals surface area contributed by atoms with Gasteiger partial charge in [0, 0.05) is 16.8 Å². The molecule has 0 spiro atoms. The van der Waals surface area contributed by atoms with E-state index in [9.17, 15) is 8.42 Å². The molecular formula is C14H10ClNO3S. The Balaban J connectivity index is 2.13. The maximum absolute atomic E-state index is 11.5. The van der Waals surface area contributed by atoms with Crippen molar-refractivity contribution in [1.29, 1.82) is 0 Å². The second-order valence-corrected chi connectivity index (χ2v) is 6.88. The summed E-state index contributed by atoms with van der Waals surface area (Å²) in [5, 5.41) is 0.629. The van der Waals surface area contributed by atoms with Gasteiger partial charge in [0.25, 0.3) is 0 Å². The van der Waals surface area contributed by atoms with Crippen LogP contribution in [-0.4, -0.2) is 19.7 Å². The van der Waals surface area contributed by atoms with Crippen molar-refractivity contribution in [1.82, 2.24) is 4.98 Å². The van der Waals surface area contributed by atoms with Crippen LogP contribution in [0.2, 0.25) is 5.02 Å². The molecule has 6 heteroatoms. The zero-order valence-corrected chi connectivity index (χ0v) is 12.1. The number of rotatable bonds is 2. The van der Waals surface area contributed by atoms with Gasteiger partial charge >= 0.3 is 0 Å². The highest BCUT2D eigenvalue weighted by Crippen LogP contribution is 2.26. The van der Waals surface area contributed by atoms with Crippen molar-refractivity contribution in [2.45, 2.75) is 4.90 Å². The second kappa shape index (κ2) is 4.61. The lowest BCUT2D eigenvalue weighted by Gasteiger charge is -1.95. The van der Waals surface area contributed by atoms with Crippen LogP contribution in [0.3, 0.4) is 0 Å². The van der Waals surface area contributed by atoms with Crippen molar-refractivity contribution in [3.05, 3.63) is 47.5 Å². The molecular weight excluding hydrogens is 298 g/mol. The van der Waals surface area contributed by atoms with Crippen LogP contribution >= 0.6 is 11.6 Å². The van der Waals surface area contributed by atoms with E-state index in [4.69, 9.17) is 16.0 Å². The summed E-state index contributed by atoms with van der Waals surface area (Å²) in [4.78, 5) is 4.54. The molecule has 102 valence electrons. The van der Waals surface area contributed by atoms with E-state index in [2.05, 4.69) is 4.98 Å². The smallest absolute Gasteiger partial charge is 0.227 e. The van der Waals surface area contributed by atoms with E-state index >= 15 is 0 Å². The molecule has 0 aliphatic rings. The summed E-state index contributed by atoms with van der Waals surface area (Å²) in [7, 11) is -3.25. The molecule has 0 unspecified atom stereocenters. The van der Waals surface area contributed by atoms with Gasteiger partial charge in [0.05, 0.1) is 4.90 Å². The molecule has 3 aromatic rings. The highest BCUT2D eigenvalue weighted by atomic mass is 35.5. The summed E-state index contributed by atoms with van der Waals surface area (Å²) in [6.45, 7) is 0. The van der Waals surface area contributed by atoms with Crippen LogP contribution in [0.5, 0.6) is 0 Å². The maximum Gasteiger partial charge on any atom is 0.227 e. The fourth-order valence-electron chi connectivity index (χ4n) is 1.85. The van der Waals surface area contributed by atoms with Crippen LogP contribution < -0.4 is 0 Å². The molecule has 0 amide bonds. The number of hydrogen-bond donors (Lipinski definition) is 0. The number of fused-ring (bicyclic) bond motifs is 1. The zero-order chi connectivity index (χ0) is 14.3. The van der Waals surface area contributed by atoms with Gasteiger partial charge in [0.15, 0.2) is 15.4 Å². The number of sulfone groups is 1. The predicted molar refractivity (Wildman–Crippen MR) is 77.6 cm³/mol. The van der Waals surface area contributed by atoms with Crippen molar-refractivity contribution in [3.63, 3.8) is 0 Å². The largest absolute Gasteiger partial charge is 0.436 e. The topological polar surface area (TPSA) is 60.2 Å². The lowest BCUT2D eigenvalue weighted by Crippen LogP contribution is -1.95. The van der Waals surface area contributed by atoms with Crippen molar-refractivity contribution in [3.8, 4) is 11.5 Å². The van der Waals surface area contributed by atoms with Crippen molar-refractivity contribution in [2.24, 2.45) is 0 Å². The van der Waals surface area contributed by atoms with Gasteiger partial charge in [-0.3, -0.25) is 0 Å². The monoisotopic (exact) mass is 307 g/mol. The molecule has 4 nitrogen and oxygen atoms in total. The highest BCUT2D eigenvalue weighted by molar-refractivity contribution is 7.90. The van der Waals surface area contributed by atoms with Gasteiger partial charge in [0.2, 0.25) is 5.89 Å². The Kier molecular flexibility index (Phi) is 3.03. The molecule has 0 atom stereocenters. The summed E-state index contributed by atoms with van der Waals surface area (Å²) in [6, 6.07) is 11.7. The molecule has 1 heterocycles. The van der Waals surface area contributed by atoms with Gasteiger partial charge in [-0.2, -0.15) is 0 Å². The van der Waals surface area contributed by atoms with Gasteiger partial charge in [-0.25, -0.2) is 13.4 Å². The van der Waals surface area contributed by atoms with E-state index in [0.717, 1.165) is 11.8 Å². The summed E-state index contributed by atoms with van der Waals surface area (Å²) in [5.74, 6) is 0.433. The highest BCUT2D eigenvalue weighted by Gasteiger charge is 2.12. The SMILES string of the molecule is CS(=O)(=O)c1ccc2oc(-c3ccc(Cl)cc3)nc2c1. The van der Waals surface area contributed by atoms with Crippen LogP contribution in [0.25, 0.3) is 22.6 Å². The minimum atomic E-state index is -3.25. The van der Waals surface area contributed by atoms with E-state index in [-0.39, 0.29) is 4.90 Å². The predicted octanol–water partition coefficient (Wildman–Crippen LogP) is 3.55. The first kappa shape index (κ1) is 13.1. The van der Waals surface area contributed by atoms with Gasteiger partial charge < -0.3 is 4.42 Å². The number of hydrogen-bond acceptors (Lipinski definition) is 4. The summed E-state index contributed by atoms with van der Waals surface area (Å²) >= 11 is 5.83. The summed E-state index contributed by atoms with van der Waals surface area (Å²) < 4.78 is 28.6. The average molecular weight is 308 g/mol. The van der Waals surface area contributed by atoms with Crippen LogP contribution in [-0.2, 0) is 9.84 Å². The number of oxazole rings is 1. The Morgan fingerprint density at radius 1 is 1.10 bits per heavy atom. The van der Waals surface area contributed by atoms with Gasteiger partial charge in [-0.1, -0.05) is 11.6 Å². The van der Waals surface area contributed by atoms with Crippen molar-refractivity contribution >= 4 is 32.5 Å². The number of benzene rings is 2. The summed E-state index contributed by atoms with van der Waals surface area (Å²) in [6.07, 6.45) is 1.16. The Morgan fingerprint density at radius 3 is 2.45 bits per heavy atom. The van der Waals surface area contributed by atoms with E-state index in [1.807, 2.05) is 0 Å². The fourth-order valence-corrected chi connectivity index (χ4v) is 2.62. The van der Waals surface area contributed by atoms with E-state index in [1.165, 1.54) is 12.1 Å². The first-order valence-corrected chi connectivity index (χ1v) is 8.07. The standard InChI is InChI=1S/C14H10ClNO3S/c1-20(17,18)11-6-7-13-12(8-11)16-14(19-13)9-2-4-10(15)5-3-9/h2-8H,1H3. The third-order valence-electron chi connectivity index (χ3n) is 2.88. The normalized spacial score (nSPS) is 11.9. The maximum atomic E-state index is 11.5. The molecule has 0 N–H and O–H groups in total. The minimum absolute atomic E-state index is 0.223. The fraction of sp³-hybridized carbons (Fsp3) is 0.0714. The molecule has 1 aromatic heterocycles. The minimum Gasteiger partial charge on any atom is -0.436 e. The second-order valence-electron chi connectivity index (χ2n) is 4.43. The third-order valence-corrected chi connectivity index (χ3v) is 4.24. The number of aromatic nitrogens is 1. The van der Waals surface area contributed by atoms with E-state index in [1.54, 1.807) is 30.3 Å². The van der Waals surface area contributed by atoms with Crippen molar-refractivity contribution < 1.29 is 12.8 Å². The first-order valence-electron chi connectivity index (χ1n) is 5.80. The zero-order valence-electron chi connectivity index (χ0n) is 10.5. The molecule has 3 rings (SSSR count). The molecule has 0 bridgehead atoms. The lowest BCUT2D eigenvalue weighted by molar-refractivity contribution is 0.602. The molecule has 0 aliphatic carbocycles. The van der Waals surface area contributed by atoms with Crippen molar-refractivity contribution in [2.75, 3.05) is 6.26 Å². The molecule has 0 radical (unpaired) electrons. The van der Waals surface area contributed by atoms with E-state index < -0.39 is 9.84 Å².